The maximum absolute atomic E-state index is 14.0. The predicted molar refractivity (Wildman–Crippen MR) is 153 cm³/mol. The molecule has 1 aliphatic heterocycles. The molecule has 4 aliphatic rings. The molecular weight excluding hydrogens is 590 g/mol. The molecule has 8 nitrogen and oxygen atoms in total. The molecule has 208 valence electrons. The molecule has 3 aliphatic carbocycles. The van der Waals surface area contributed by atoms with Gasteiger partial charge < -0.3 is 9.84 Å². The molecule has 4 atom stereocenters. The summed E-state index contributed by atoms with van der Waals surface area (Å²) in [5, 5.41) is 10.5. The number of halogens is 1. The smallest absolute Gasteiger partial charge is 0.238 e. The number of fused-ring (bicyclic) bond motifs is 3. The molecule has 2 aromatic carbocycles. The van der Waals surface area contributed by atoms with E-state index in [-0.39, 0.29) is 47.1 Å². The summed E-state index contributed by atoms with van der Waals surface area (Å²) in [6.45, 7) is 3.06. The van der Waals surface area contributed by atoms with Crippen molar-refractivity contribution in [1.29, 1.82) is 0 Å². The molecule has 1 N–H and O–H groups in total. The number of Topliss-reactive ketones (excluding diaryl/α,β-unsaturated/α-hetero) is 2. The molecule has 0 spiro atoms. The number of phenolic OH excluding ortho intramolecular Hbond substituents is 1. The lowest BCUT2D eigenvalue weighted by Crippen LogP contribution is -2.39. The number of ketones is 3. The molecule has 1 fully saturated rings. The van der Waals surface area contributed by atoms with Crippen molar-refractivity contribution in [2.45, 2.75) is 32.6 Å². The molecule has 2 amide bonds. The second-order valence-electron chi connectivity index (χ2n) is 10.9. The van der Waals surface area contributed by atoms with Gasteiger partial charge in [0.25, 0.3) is 0 Å². The monoisotopic (exact) mass is 615 g/mol. The van der Waals surface area contributed by atoms with E-state index in [4.69, 9.17) is 4.74 Å². The lowest BCUT2D eigenvalue weighted by Gasteiger charge is -2.42. The van der Waals surface area contributed by atoms with Crippen LogP contribution in [0.3, 0.4) is 0 Å². The Labute approximate surface area is 244 Å². The third kappa shape index (κ3) is 4.05. The lowest BCUT2D eigenvalue weighted by atomic mass is 9.59. The number of hydrogen-bond acceptors (Lipinski definition) is 7. The number of nitrogens with zero attached hydrogens (tertiary/aromatic N) is 1. The Morgan fingerprint density at radius 3 is 2.41 bits per heavy atom. The highest BCUT2D eigenvalue weighted by atomic mass is 79.9. The molecule has 1 heterocycles. The van der Waals surface area contributed by atoms with Crippen LogP contribution < -0.4 is 9.64 Å². The van der Waals surface area contributed by atoms with E-state index < -0.39 is 23.7 Å². The Balaban J connectivity index is 1.48. The summed E-state index contributed by atoms with van der Waals surface area (Å²) >= 11 is 3.37. The SMILES string of the molecule is COc1cc(C2C3=CCC4C(=O)N(c5ccc(C(C)=O)cc5)C(=O)C4C3CC3=C2C(=O)C(C)=CC3=O)cc(Br)c1O. The van der Waals surface area contributed by atoms with E-state index in [1.54, 1.807) is 43.3 Å². The number of aromatic hydroxyl groups is 1. The molecule has 41 heavy (non-hydrogen) atoms. The molecular formula is C32H26BrNO7. The van der Waals surface area contributed by atoms with Gasteiger partial charge in [-0.15, -0.1) is 0 Å². The van der Waals surface area contributed by atoms with Gasteiger partial charge in [-0.05, 0) is 96.6 Å². The Kier molecular flexibility index (Phi) is 6.45. The van der Waals surface area contributed by atoms with Gasteiger partial charge in [-0.3, -0.25) is 28.9 Å². The molecule has 1 saturated heterocycles. The average Bonchev–Trinajstić information content (AvgIpc) is 3.21. The zero-order chi connectivity index (χ0) is 29.3. The maximum Gasteiger partial charge on any atom is 0.238 e. The van der Waals surface area contributed by atoms with Crippen molar-refractivity contribution >= 4 is 50.8 Å². The van der Waals surface area contributed by atoms with Crippen LogP contribution in [0.2, 0.25) is 0 Å². The van der Waals surface area contributed by atoms with Crippen molar-refractivity contribution in [3.8, 4) is 11.5 Å². The molecule has 2 aromatic rings. The number of imide groups is 1. The Bertz CT molecular complexity index is 1680. The van der Waals surface area contributed by atoms with Crippen molar-refractivity contribution in [2.24, 2.45) is 17.8 Å². The lowest BCUT2D eigenvalue weighted by molar-refractivity contribution is -0.123. The number of methoxy groups -OCH3 is 1. The summed E-state index contributed by atoms with van der Waals surface area (Å²) in [6, 6.07) is 9.71. The van der Waals surface area contributed by atoms with E-state index in [0.717, 1.165) is 5.57 Å². The number of anilines is 1. The minimum atomic E-state index is -0.719. The minimum Gasteiger partial charge on any atom is -0.503 e. The molecule has 9 heteroatoms. The van der Waals surface area contributed by atoms with Crippen molar-refractivity contribution in [3.63, 3.8) is 0 Å². The number of ether oxygens (including phenoxy) is 1. The summed E-state index contributed by atoms with van der Waals surface area (Å²) in [5.74, 6) is -3.70. The fourth-order valence-corrected chi connectivity index (χ4v) is 7.22. The van der Waals surface area contributed by atoms with Gasteiger partial charge in [0.05, 0.1) is 29.1 Å². The standard InChI is InChI=1S/C32H26BrNO7/c1-14-10-24(36)22-13-21-19(26(28(22)29(14)37)17-11-23(33)30(38)25(12-17)41-3)8-9-20-27(21)32(40)34(31(20)39)18-6-4-16(5-7-18)15(2)35/h4-8,10-12,20-21,26-27,38H,9,13H2,1-3H3. The first-order chi connectivity index (χ1) is 19.5. The van der Waals surface area contributed by atoms with Gasteiger partial charge in [-0.1, -0.05) is 11.6 Å². The quantitative estimate of drug-likeness (QED) is 0.222. The van der Waals surface area contributed by atoms with E-state index in [0.29, 0.717) is 44.4 Å². The van der Waals surface area contributed by atoms with Gasteiger partial charge in [0.15, 0.2) is 28.8 Å². The second kappa shape index (κ2) is 9.76. The van der Waals surface area contributed by atoms with Crippen molar-refractivity contribution in [2.75, 3.05) is 12.0 Å². The van der Waals surface area contributed by atoms with Crippen LogP contribution in [0.4, 0.5) is 5.69 Å². The Morgan fingerprint density at radius 1 is 1.05 bits per heavy atom. The molecule has 6 rings (SSSR count). The Hall–Kier alpha value is -4.11. The van der Waals surface area contributed by atoms with E-state index >= 15 is 0 Å². The maximum atomic E-state index is 14.0. The number of carbonyl (C=O) groups is 5. The van der Waals surface area contributed by atoms with Gasteiger partial charge in [0.1, 0.15) is 0 Å². The third-order valence-corrected chi connectivity index (χ3v) is 9.31. The summed E-state index contributed by atoms with van der Waals surface area (Å²) < 4.78 is 5.74. The van der Waals surface area contributed by atoms with Crippen LogP contribution in [-0.4, -0.2) is 41.4 Å². The number of benzene rings is 2. The number of hydrogen-bond donors (Lipinski definition) is 1. The molecule has 0 saturated carbocycles. The molecule has 0 bridgehead atoms. The summed E-state index contributed by atoms with van der Waals surface area (Å²) in [5.41, 5.74) is 3.34. The van der Waals surface area contributed by atoms with Crippen LogP contribution >= 0.6 is 15.9 Å². The number of rotatable bonds is 4. The van der Waals surface area contributed by atoms with E-state index in [1.807, 2.05) is 6.08 Å². The fourth-order valence-electron chi connectivity index (χ4n) is 6.76. The van der Waals surface area contributed by atoms with Crippen molar-refractivity contribution in [1.82, 2.24) is 0 Å². The Morgan fingerprint density at radius 2 is 1.76 bits per heavy atom. The number of carbonyl (C=O) groups excluding carboxylic acids is 5. The topological polar surface area (TPSA) is 118 Å². The summed E-state index contributed by atoms with van der Waals surface area (Å²) in [7, 11) is 1.42. The zero-order valence-electron chi connectivity index (χ0n) is 22.6. The number of allylic oxidation sites excluding steroid dienone is 6. The highest BCUT2D eigenvalue weighted by Gasteiger charge is 2.56. The fraction of sp³-hybridized carbons (Fsp3) is 0.281. The predicted octanol–water partition coefficient (Wildman–Crippen LogP) is 5.00. The van der Waals surface area contributed by atoms with Gasteiger partial charge in [-0.25, -0.2) is 0 Å². The normalized spacial score (nSPS) is 25.4. The van der Waals surface area contributed by atoms with Crippen LogP contribution in [0.5, 0.6) is 11.5 Å². The van der Waals surface area contributed by atoms with Crippen LogP contribution in [0.25, 0.3) is 0 Å². The van der Waals surface area contributed by atoms with Crippen LogP contribution in [0.1, 0.15) is 48.5 Å². The summed E-state index contributed by atoms with van der Waals surface area (Å²) in [4.78, 5) is 67.4. The third-order valence-electron chi connectivity index (χ3n) is 8.70. The largest absolute Gasteiger partial charge is 0.503 e. The van der Waals surface area contributed by atoms with E-state index in [1.165, 1.54) is 25.0 Å². The van der Waals surface area contributed by atoms with Crippen LogP contribution in [0.15, 0.2) is 75.3 Å². The van der Waals surface area contributed by atoms with Crippen molar-refractivity contribution < 1.29 is 33.8 Å². The first-order valence-corrected chi connectivity index (χ1v) is 14.1. The van der Waals surface area contributed by atoms with Crippen LogP contribution in [-0.2, 0) is 19.2 Å². The zero-order valence-corrected chi connectivity index (χ0v) is 24.2. The number of amides is 2. The molecule has 0 radical (unpaired) electrons. The minimum absolute atomic E-state index is 0.0966. The average molecular weight is 616 g/mol. The first-order valence-electron chi connectivity index (χ1n) is 13.3. The van der Waals surface area contributed by atoms with Crippen LogP contribution in [0, 0.1) is 17.8 Å². The highest BCUT2D eigenvalue weighted by molar-refractivity contribution is 9.10. The van der Waals surface area contributed by atoms with E-state index in [2.05, 4.69) is 15.9 Å². The van der Waals surface area contributed by atoms with E-state index in [9.17, 15) is 29.1 Å². The molecule has 0 aromatic heterocycles. The molecule has 4 unspecified atom stereocenters. The number of phenols is 1. The van der Waals surface area contributed by atoms with Crippen molar-refractivity contribution in [3.05, 3.63) is 86.4 Å². The van der Waals surface area contributed by atoms with Gasteiger partial charge >= 0.3 is 0 Å². The van der Waals surface area contributed by atoms with Gasteiger partial charge in [0, 0.05) is 28.2 Å². The second-order valence-corrected chi connectivity index (χ2v) is 11.8. The summed E-state index contributed by atoms with van der Waals surface area (Å²) in [6.07, 6.45) is 3.74. The van der Waals surface area contributed by atoms with Gasteiger partial charge in [0.2, 0.25) is 11.8 Å². The first kappa shape index (κ1) is 27.1. The van der Waals surface area contributed by atoms with Gasteiger partial charge in [-0.2, -0.15) is 0 Å². The highest BCUT2D eigenvalue weighted by Crippen LogP contribution is 2.56.